The van der Waals surface area contributed by atoms with Crippen molar-refractivity contribution in [2.75, 3.05) is 0 Å². The molecule has 2 aromatic rings. The Morgan fingerprint density at radius 1 is 0.947 bits per heavy atom. The zero-order valence-corrected chi connectivity index (χ0v) is 9.26. The number of benzene rings is 1. The zero-order chi connectivity index (χ0) is 14.2. The lowest BCUT2D eigenvalue weighted by Gasteiger charge is -2.07. The van der Waals surface area contributed by atoms with Crippen LogP contribution < -0.4 is 0 Å². The average molecular weight is 265 g/mol. The second-order valence-corrected chi connectivity index (χ2v) is 3.57. The minimum absolute atomic E-state index is 0.171. The van der Waals surface area contributed by atoms with Gasteiger partial charge in [0.1, 0.15) is 5.69 Å². The Bertz CT molecular complexity index is 658. The molecule has 2 N–H and O–H groups in total. The van der Waals surface area contributed by atoms with Crippen LogP contribution in [0.3, 0.4) is 0 Å². The van der Waals surface area contributed by atoms with Gasteiger partial charge in [-0.1, -0.05) is 0 Å². The third kappa shape index (κ3) is 2.04. The monoisotopic (exact) mass is 265 g/mol. The largest absolute Gasteiger partial charge is 0.494 e. The standard InChI is InChI=1S/C10H7N3O6/c14-9-3-4-10(15)11(9)7-2-1-6(12(16)17)5-8(7)13(18)19/h1-5,14-15H. The molecule has 0 saturated carbocycles. The van der Waals surface area contributed by atoms with Gasteiger partial charge in [0.25, 0.3) is 11.4 Å². The van der Waals surface area contributed by atoms with Gasteiger partial charge in [0.05, 0.1) is 15.9 Å². The summed E-state index contributed by atoms with van der Waals surface area (Å²) < 4.78 is 0.807. The van der Waals surface area contributed by atoms with Gasteiger partial charge in [-0.2, -0.15) is 0 Å². The maximum Gasteiger partial charge on any atom is 0.300 e. The average Bonchev–Trinajstić information content (AvgIpc) is 2.68. The molecule has 98 valence electrons. The van der Waals surface area contributed by atoms with Crippen molar-refractivity contribution >= 4 is 11.4 Å². The van der Waals surface area contributed by atoms with Crippen molar-refractivity contribution < 1.29 is 20.1 Å². The third-order valence-electron chi connectivity index (χ3n) is 2.45. The second-order valence-electron chi connectivity index (χ2n) is 3.57. The first kappa shape index (κ1) is 12.4. The molecule has 0 aliphatic rings. The Morgan fingerprint density at radius 2 is 1.53 bits per heavy atom. The lowest BCUT2D eigenvalue weighted by Crippen LogP contribution is -2.00. The summed E-state index contributed by atoms with van der Waals surface area (Å²) in [5, 5.41) is 40.5. The third-order valence-corrected chi connectivity index (χ3v) is 2.45. The van der Waals surface area contributed by atoms with Crippen molar-refractivity contribution in [1.82, 2.24) is 4.57 Å². The van der Waals surface area contributed by atoms with Gasteiger partial charge in [-0.15, -0.1) is 0 Å². The molecule has 0 spiro atoms. The quantitative estimate of drug-likeness (QED) is 0.641. The smallest absolute Gasteiger partial charge is 0.300 e. The molecular formula is C10H7N3O6. The lowest BCUT2D eigenvalue weighted by atomic mass is 10.2. The Labute approximate surface area is 105 Å². The topological polar surface area (TPSA) is 132 Å². The van der Waals surface area contributed by atoms with Gasteiger partial charge in [-0.25, -0.2) is 4.57 Å². The van der Waals surface area contributed by atoms with E-state index >= 15 is 0 Å². The Kier molecular flexibility index (Phi) is 2.79. The van der Waals surface area contributed by atoms with E-state index in [1.807, 2.05) is 0 Å². The molecule has 1 aromatic heterocycles. The molecule has 1 heterocycles. The highest BCUT2D eigenvalue weighted by Gasteiger charge is 2.23. The van der Waals surface area contributed by atoms with Crippen molar-refractivity contribution in [3.8, 4) is 17.4 Å². The van der Waals surface area contributed by atoms with Crippen molar-refractivity contribution in [1.29, 1.82) is 0 Å². The van der Waals surface area contributed by atoms with E-state index in [0.29, 0.717) is 0 Å². The first-order valence-corrected chi connectivity index (χ1v) is 4.94. The summed E-state index contributed by atoms with van der Waals surface area (Å²) in [4.78, 5) is 19.9. The number of rotatable bonds is 3. The Morgan fingerprint density at radius 3 is 2.00 bits per heavy atom. The first-order valence-electron chi connectivity index (χ1n) is 4.94. The van der Waals surface area contributed by atoms with E-state index in [-0.39, 0.29) is 5.69 Å². The van der Waals surface area contributed by atoms with Gasteiger partial charge in [0.2, 0.25) is 0 Å². The maximum absolute atomic E-state index is 10.9. The van der Waals surface area contributed by atoms with Crippen LogP contribution in [0.2, 0.25) is 0 Å². The van der Waals surface area contributed by atoms with Crippen LogP contribution in [0, 0.1) is 20.2 Å². The molecule has 0 atom stereocenters. The lowest BCUT2D eigenvalue weighted by molar-refractivity contribution is -0.394. The molecular weight excluding hydrogens is 258 g/mol. The van der Waals surface area contributed by atoms with Crippen molar-refractivity contribution in [3.05, 3.63) is 50.6 Å². The van der Waals surface area contributed by atoms with Gasteiger partial charge in [-0.05, 0) is 6.07 Å². The van der Waals surface area contributed by atoms with Crippen LogP contribution in [-0.4, -0.2) is 24.6 Å². The number of non-ortho nitro benzene ring substituents is 1. The fourth-order valence-electron chi connectivity index (χ4n) is 1.62. The highest BCUT2D eigenvalue weighted by Crippen LogP contribution is 2.34. The molecule has 0 unspecified atom stereocenters. The molecule has 0 fully saturated rings. The molecule has 0 aliphatic heterocycles. The molecule has 9 heteroatoms. The molecule has 0 amide bonds. The number of aromatic hydroxyl groups is 2. The number of hydrogen-bond acceptors (Lipinski definition) is 6. The number of nitrogens with zero attached hydrogens (tertiary/aromatic N) is 3. The van der Waals surface area contributed by atoms with Crippen LogP contribution in [0.15, 0.2) is 30.3 Å². The summed E-state index contributed by atoms with van der Waals surface area (Å²) in [5.41, 5.74) is -1.23. The van der Waals surface area contributed by atoms with Crippen LogP contribution >= 0.6 is 0 Å². The minimum atomic E-state index is -0.832. The van der Waals surface area contributed by atoms with Crippen LogP contribution in [-0.2, 0) is 0 Å². The molecule has 19 heavy (non-hydrogen) atoms. The van der Waals surface area contributed by atoms with Crippen molar-refractivity contribution in [3.63, 3.8) is 0 Å². The van der Waals surface area contributed by atoms with Crippen molar-refractivity contribution in [2.24, 2.45) is 0 Å². The minimum Gasteiger partial charge on any atom is -0.494 e. The Hall–Kier alpha value is -3.10. The van der Waals surface area contributed by atoms with E-state index in [9.17, 15) is 30.4 Å². The molecule has 0 bridgehead atoms. The van der Waals surface area contributed by atoms with E-state index in [1.54, 1.807) is 0 Å². The van der Waals surface area contributed by atoms with E-state index in [1.165, 1.54) is 0 Å². The van der Waals surface area contributed by atoms with E-state index < -0.39 is 33.0 Å². The van der Waals surface area contributed by atoms with Crippen LogP contribution in [0.25, 0.3) is 5.69 Å². The van der Waals surface area contributed by atoms with Gasteiger partial charge < -0.3 is 10.2 Å². The number of nitro benzene ring substituents is 2. The molecule has 0 aliphatic carbocycles. The SMILES string of the molecule is O=[N+]([O-])c1ccc(-n2c(O)ccc2O)c([N+](=O)[O-])c1. The predicted molar refractivity (Wildman–Crippen MR) is 62.4 cm³/mol. The number of nitro groups is 2. The summed E-state index contributed by atoms with van der Waals surface area (Å²) in [6.45, 7) is 0. The van der Waals surface area contributed by atoms with Gasteiger partial charge in [0, 0.05) is 18.2 Å². The van der Waals surface area contributed by atoms with E-state index in [4.69, 9.17) is 0 Å². The summed E-state index contributed by atoms with van der Waals surface area (Å²) in [5.74, 6) is -0.844. The highest BCUT2D eigenvalue weighted by atomic mass is 16.6. The summed E-state index contributed by atoms with van der Waals surface area (Å²) in [6, 6.07) is 5.16. The van der Waals surface area contributed by atoms with Gasteiger partial charge in [-0.3, -0.25) is 20.2 Å². The number of hydrogen-bond donors (Lipinski definition) is 2. The Balaban J connectivity index is 2.71. The molecule has 2 rings (SSSR count). The maximum atomic E-state index is 10.9. The van der Waals surface area contributed by atoms with Crippen molar-refractivity contribution in [2.45, 2.75) is 0 Å². The molecule has 0 radical (unpaired) electrons. The fraction of sp³-hybridized carbons (Fsp3) is 0. The van der Waals surface area contributed by atoms with Crippen LogP contribution in [0.4, 0.5) is 11.4 Å². The summed E-state index contributed by atoms with van der Waals surface area (Å²) >= 11 is 0. The van der Waals surface area contributed by atoms with E-state index in [2.05, 4.69) is 0 Å². The fourth-order valence-corrected chi connectivity index (χ4v) is 1.62. The van der Waals surface area contributed by atoms with Gasteiger partial charge >= 0.3 is 0 Å². The molecule has 1 aromatic carbocycles. The summed E-state index contributed by atoms with van der Waals surface area (Å²) in [6.07, 6.45) is 0. The highest BCUT2D eigenvalue weighted by molar-refractivity contribution is 5.60. The van der Waals surface area contributed by atoms with Gasteiger partial charge in [0.15, 0.2) is 11.8 Å². The van der Waals surface area contributed by atoms with Crippen LogP contribution in [0.1, 0.15) is 0 Å². The molecule has 0 saturated heterocycles. The van der Waals surface area contributed by atoms with E-state index in [0.717, 1.165) is 34.9 Å². The van der Waals surface area contributed by atoms with Crippen LogP contribution in [0.5, 0.6) is 11.8 Å². The predicted octanol–water partition coefficient (Wildman–Crippen LogP) is 1.70. The normalized spacial score (nSPS) is 10.3. The second kappa shape index (κ2) is 4.29. The summed E-state index contributed by atoms with van der Waals surface area (Å²) in [7, 11) is 0. The first-order chi connectivity index (χ1) is 8.91. The molecule has 9 nitrogen and oxygen atoms in total. The number of aromatic nitrogens is 1. The zero-order valence-electron chi connectivity index (χ0n) is 9.26.